The first-order valence-electron chi connectivity index (χ1n) is 7.58. The zero-order chi connectivity index (χ0) is 17.1. The van der Waals surface area contributed by atoms with Gasteiger partial charge < -0.3 is 11.1 Å². The van der Waals surface area contributed by atoms with Crippen molar-refractivity contribution in [3.63, 3.8) is 0 Å². The Morgan fingerprint density at radius 2 is 1.83 bits per heavy atom. The molecule has 132 valence electrons. The summed E-state index contributed by atoms with van der Waals surface area (Å²) in [7, 11) is 0. The highest BCUT2D eigenvalue weighted by atomic mass is 35.5. The lowest BCUT2D eigenvalue weighted by Gasteiger charge is -2.19. The number of nitrogens with two attached hydrogens (primary N) is 1. The molecule has 1 aromatic carbocycles. The maximum Gasteiger partial charge on any atom is 0.237 e. The molecular formula is C17H23ClFN3OS. The first-order valence-corrected chi connectivity index (χ1v) is 8.40. The molecule has 0 spiro atoms. The van der Waals surface area contributed by atoms with E-state index in [1.165, 1.54) is 23.5 Å². The van der Waals surface area contributed by atoms with E-state index in [2.05, 4.69) is 10.3 Å². The minimum atomic E-state index is -0.526. The van der Waals surface area contributed by atoms with E-state index in [1.807, 2.05) is 27.7 Å². The fraction of sp³-hybridized carbons (Fsp3) is 0.412. The number of thiazole rings is 1. The van der Waals surface area contributed by atoms with E-state index < -0.39 is 6.04 Å². The summed E-state index contributed by atoms with van der Waals surface area (Å²) in [4.78, 5) is 17.6. The summed E-state index contributed by atoms with van der Waals surface area (Å²) in [6.07, 6.45) is 0. The molecule has 3 N–H and O–H groups in total. The average Bonchev–Trinajstić information content (AvgIpc) is 2.89. The zero-order valence-electron chi connectivity index (χ0n) is 14.2. The number of benzene rings is 1. The molecule has 1 heterocycles. The standard InChI is InChI=1S/C17H22FN3OS.ClH/c1-9(2)14(19)16(22)20-10(3)15-11(4)21-17(23-15)12-5-7-13(18)8-6-12;/h5-10,14H,19H2,1-4H3,(H,20,22);1H/t10?,14-;/m0./s1. The van der Waals surface area contributed by atoms with Gasteiger partial charge in [-0.05, 0) is 44.0 Å². The second-order valence-electron chi connectivity index (χ2n) is 5.98. The number of carbonyl (C=O) groups excluding carboxylic acids is 1. The first-order chi connectivity index (χ1) is 10.8. The van der Waals surface area contributed by atoms with E-state index in [0.717, 1.165) is 21.1 Å². The van der Waals surface area contributed by atoms with E-state index in [9.17, 15) is 9.18 Å². The van der Waals surface area contributed by atoms with Crippen LogP contribution in [-0.4, -0.2) is 16.9 Å². The molecule has 0 saturated heterocycles. The molecule has 1 amide bonds. The number of aromatic nitrogens is 1. The molecule has 0 aliphatic heterocycles. The molecule has 2 aromatic rings. The lowest BCUT2D eigenvalue weighted by molar-refractivity contribution is -0.123. The first kappa shape index (κ1) is 20.5. The molecule has 24 heavy (non-hydrogen) atoms. The Kier molecular flexibility index (Phi) is 7.32. The van der Waals surface area contributed by atoms with E-state index in [4.69, 9.17) is 5.73 Å². The minimum absolute atomic E-state index is 0. The van der Waals surface area contributed by atoms with E-state index in [0.29, 0.717) is 0 Å². The molecule has 0 radical (unpaired) electrons. The predicted molar refractivity (Wildman–Crippen MR) is 98.9 cm³/mol. The third-order valence-corrected chi connectivity index (χ3v) is 5.09. The second kappa shape index (κ2) is 8.55. The Labute approximate surface area is 152 Å². The number of nitrogens with zero attached hydrogens (tertiary/aromatic N) is 1. The maximum absolute atomic E-state index is 13.0. The van der Waals surface area contributed by atoms with Gasteiger partial charge in [-0.1, -0.05) is 13.8 Å². The summed E-state index contributed by atoms with van der Waals surface area (Å²) in [5.74, 6) is -0.353. The van der Waals surface area contributed by atoms with Crippen LogP contribution in [0.5, 0.6) is 0 Å². The molecule has 2 atom stereocenters. The van der Waals surface area contributed by atoms with Gasteiger partial charge in [0, 0.05) is 5.56 Å². The van der Waals surface area contributed by atoms with Crippen LogP contribution in [0.4, 0.5) is 4.39 Å². The monoisotopic (exact) mass is 371 g/mol. The molecule has 0 bridgehead atoms. The number of hydrogen-bond donors (Lipinski definition) is 2. The highest BCUT2D eigenvalue weighted by Crippen LogP contribution is 2.31. The molecule has 1 unspecified atom stereocenters. The van der Waals surface area contributed by atoms with Gasteiger partial charge in [0.25, 0.3) is 0 Å². The minimum Gasteiger partial charge on any atom is -0.347 e. The predicted octanol–water partition coefficient (Wildman–Crippen LogP) is 3.84. The second-order valence-corrected chi connectivity index (χ2v) is 7.01. The van der Waals surface area contributed by atoms with Gasteiger partial charge in [0.15, 0.2) is 0 Å². The van der Waals surface area contributed by atoms with E-state index in [-0.39, 0.29) is 36.1 Å². The number of halogens is 2. The van der Waals surface area contributed by atoms with E-state index in [1.54, 1.807) is 12.1 Å². The van der Waals surface area contributed by atoms with Crippen molar-refractivity contribution in [2.24, 2.45) is 11.7 Å². The molecule has 7 heteroatoms. The molecule has 0 fully saturated rings. The van der Waals surface area contributed by atoms with Crippen LogP contribution in [0.1, 0.15) is 37.4 Å². The normalized spacial score (nSPS) is 13.3. The Bertz CT molecular complexity index is 688. The van der Waals surface area contributed by atoms with Gasteiger partial charge in [-0.2, -0.15) is 0 Å². The van der Waals surface area contributed by atoms with Gasteiger partial charge in [0.1, 0.15) is 10.8 Å². The van der Waals surface area contributed by atoms with Crippen LogP contribution in [0.15, 0.2) is 24.3 Å². The molecule has 0 aliphatic carbocycles. The summed E-state index contributed by atoms with van der Waals surface area (Å²) in [6.45, 7) is 7.66. The van der Waals surface area contributed by atoms with Gasteiger partial charge >= 0.3 is 0 Å². The van der Waals surface area contributed by atoms with Crippen molar-refractivity contribution in [1.29, 1.82) is 0 Å². The number of rotatable bonds is 5. The third-order valence-electron chi connectivity index (χ3n) is 3.70. The smallest absolute Gasteiger partial charge is 0.237 e. The van der Waals surface area contributed by atoms with Gasteiger partial charge in [0.05, 0.1) is 22.7 Å². The van der Waals surface area contributed by atoms with Crippen molar-refractivity contribution in [2.45, 2.75) is 39.8 Å². The summed E-state index contributed by atoms with van der Waals surface area (Å²) in [5, 5.41) is 3.75. The number of amides is 1. The highest BCUT2D eigenvalue weighted by molar-refractivity contribution is 7.15. The van der Waals surface area contributed by atoms with E-state index >= 15 is 0 Å². The zero-order valence-corrected chi connectivity index (χ0v) is 15.8. The van der Waals surface area contributed by atoms with Crippen LogP contribution in [0.25, 0.3) is 10.6 Å². The van der Waals surface area contributed by atoms with Crippen molar-refractivity contribution < 1.29 is 9.18 Å². The Morgan fingerprint density at radius 1 is 1.25 bits per heavy atom. The fourth-order valence-electron chi connectivity index (χ4n) is 2.20. The van der Waals surface area contributed by atoms with Gasteiger partial charge in [-0.3, -0.25) is 4.79 Å². The summed E-state index contributed by atoms with van der Waals surface area (Å²) in [5.41, 5.74) is 7.60. The summed E-state index contributed by atoms with van der Waals surface area (Å²) in [6, 6.07) is 5.54. The van der Waals surface area contributed by atoms with Crippen molar-refractivity contribution in [3.8, 4) is 10.6 Å². The van der Waals surface area contributed by atoms with Crippen molar-refractivity contribution in [2.75, 3.05) is 0 Å². The SMILES string of the molecule is Cc1nc(-c2ccc(F)cc2)sc1C(C)NC(=O)[C@@H](N)C(C)C.Cl. The van der Waals surface area contributed by atoms with Crippen molar-refractivity contribution >= 4 is 29.7 Å². The Balaban J connectivity index is 0.00000288. The lowest BCUT2D eigenvalue weighted by Crippen LogP contribution is -2.44. The van der Waals surface area contributed by atoms with Crippen LogP contribution < -0.4 is 11.1 Å². The summed E-state index contributed by atoms with van der Waals surface area (Å²) < 4.78 is 13.0. The molecule has 0 aliphatic rings. The maximum atomic E-state index is 13.0. The molecule has 4 nitrogen and oxygen atoms in total. The van der Waals surface area contributed by atoms with Crippen molar-refractivity contribution in [3.05, 3.63) is 40.7 Å². The van der Waals surface area contributed by atoms with Crippen LogP contribution in [-0.2, 0) is 4.79 Å². The lowest BCUT2D eigenvalue weighted by atomic mass is 10.0. The Hall–Kier alpha value is -1.50. The average molecular weight is 372 g/mol. The highest BCUT2D eigenvalue weighted by Gasteiger charge is 2.22. The molecule has 0 saturated carbocycles. The molecular weight excluding hydrogens is 349 g/mol. The number of nitrogens with one attached hydrogen (secondary N) is 1. The summed E-state index contributed by atoms with van der Waals surface area (Å²) >= 11 is 1.50. The number of hydrogen-bond acceptors (Lipinski definition) is 4. The topological polar surface area (TPSA) is 68.0 Å². The van der Waals surface area contributed by atoms with Gasteiger partial charge in [-0.25, -0.2) is 9.37 Å². The Morgan fingerprint density at radius 3 is 2.38 bits per heavy atom. The molecule has 1 aromatic heterocycles. The van der Waals surface area contributed by atoms with Crippen LogP contribution in [0.2, 0.25) is 0 Å². The van der Waals surface area contributed by atoms with Crippen molar-refractivity contribution in [1.82, 2.24) is 10.3 Å². The largest absolute Gasteiger partial charge is 0.347 e. The third kappa shape index (κ3) is 4.75. The van der Waals surface area contributed by atoms with Gasteiger partial charge in [-0.15, -0.1) is 23.7 Å². The van der Waals surface area contributed by atoms with Crippen LogP contribution in [0, 0.1) is 18.7 Å². The quantitative estimate of drug-likeness (QED) is 0.839. The number of aryl methyl sites for hydroxylation is 1. The molecule has 2 rings (SSSR count). The van der Waals surface area contributed by atoms with Crippen LogP contribution in [0.3, 0.4) is 0 Å². The van der Waals surface area contributed by atoms with Crippen LogP contribution >= 0.6 is 23.7 Å². The number of carbonyl (C=O) groups is 1. The van der Waals surface area contributed by atoms with Gasteiger partial charge in [0.2, 0.25) is 5.91 Å². The fourth-order valence-corrected chi connectivity index (χ4v) is 3.28.